The van der Waals surface area contributed by atoms with Gasteiger partial charge in [-0.2, -0.15) is 0 Å². The second-order valence-corrected chi connectivity index (χ2v) is 3.48. The van der Waals surface area contributed by atoms with E-state index in [1.54, 1.807) is 0 Å². The molecule has 0 fully saturated rings. The van der Waals surface area contributed by atoms with Crippen LogP contribution in [0.2, 0.25) is 0 Å². The Labute approximate surface area is 67.4 Å². The van der Waals surface area contributed by atoms with Crippen molar-refractivity contribution in [2.24, 2.45) is 0 Å². The Morgan fingerprint density at radius 2 is 2.00 bits per heavy atom. The lowest BCUT2D eigenvalue weighted by molar-refractivity contribution is 0.360. The second kappa shape index (κ2) is 6.12. The Bertz CT molecular complexity index is 75.7. The molecule has 2 unspecified atom stereocenters. The third-order valence-corrected chi connectivity index (χ3v) is 2.78. The molecule has 2 heteroatoms. The van der Waals surface area contributed by atoms with E-state index in [1.165, 1.54) is 19.3 Å². The Morgan fingerprint density at radius 1 is 1.40 bits per heavy atom. The number of nitrogens with zero attached hydrogens (tertiary/aromatic N) is 1. The molecule has 0 saturated heterocycles. The van der Waals surface area contributed by atoms with E-state index in [-0.39, 0.29) is 0 Å². The molecule has 0 aromatic rings. The van der Waals surface area contributed by atoms with Crippen molar-refractivity contribution in [2.45, 2.75) is 46.1 Å². The van der Waals surface area contributed by atoms with Gasteiger partial charge in [0.25, 0.3) is 0 Å². The molecule has 0 radical (unpaired) electrons. The van der Waals surface area contributed by atoms with Crippen LogP contribution in [0.4, 0.5) is 0 Å². The largest absolute Gasteiger partial charge is 0.285 e. The molecule has 10 heavy (non-hydrogen) atoms. The summed E-state index contributed by atoms with van der Waals surface area (Å²) in [7, 11) is 2.78. The zero-order valence-electron chi connectivity index (χ0n) is 7.43. The number of hydrogen-bond acceptors (Lipinski definition) is 1. The highest BCUT2D eigenvalue weighted by molar-refractivity contribution is 7.13. The van der Waals surface area contributed by atoms with Gasteiger partial charge in [0.2, 0.25) is 0 Å². The predicted octanol–water partition coefficient (Wildman–Crippen LogP) is 2.68. The van der Waals surface area contributed by atoms with Crippen LogP contribution < -0.4 is 0 Å². The molecule has 2 atom stereocenters. The molecule has 0 spiro atoms. The molecular formula is C8H20NP. The van der Waals surface area contributed by atoms with E-state index in [1.807, 2.05) is 0 Å². The van der Waals surface area contributed by atoms with Gasteiger partial charge in [-0.1, -0.05) is 36.1 Å². The lowest BCUT2D eigenvalue weighted by Crippen LogP contribution is -2.22. The molecule has 0 heterocycles. The lowest BCUT2D eigenvalue weighted by Gasteiger charge is -2.21. The molecule has 0 rings (SSSR count). The van der Waals surface area contributed by atoms with Gasteiger partial charge in [-0.3, -0.25) is 4.67 Å². The van der Waals surface area contributed by atoms with E-state index < -0.39 is 0 Å². The first-order valence-electron chi connectivity index (χ1n) is 4.23. The Hall–Kier alpha value is 0.390. The maximum absolute atomic E-state index is 2.78. The van der Waals surface area contributed by atoms with E-state index in [2.05, 4.69) is 34.8 Å². The van der Waals surface area contributed by atoms with Crippen molar-refractivity contribution >= 4 is 9.39 Å². The fraction of sp³-hybridized carbons (Fsp3) is 1.00. The van der Waals surface area contributed by atoms with E-state index in [9.17, 15) is 0 Å². The highest BCUT2D eigenvalue weighted by atomic mass is 31.0. The molecular weight excluding hydrogens is 141 g/mol. The molecule has 0 saturated carbocycles. The maximum atomic E-state index is 2.78. The molecule has 0 amide bonds. The smallest absolute Gasteiger partial charge is 0.0101 e. The third kappa shape index (κ3) is 4.24. The summed E-state index contributed by atoms with van der Waals surface area (Å²) in [6.07, 6.45) is 3.99. The van der Waals surface area contributed by atoms with E-state index in [0.717, 1.165) is 12.6 Å². The minimum atomic E-state index is 0.731. The van der Waals surface area contributed by atoms with Gasteiger partial charge >= 0.3 is 0 Å². The van der Waals surface area contributed by atoms with Gasteiger partial charge in [-0.05, 0) is 19.9 Å². The highest BCUT2D eigenvalue weighted by Gasteiger charge is 2.04. The van der Waals surface area contributed by atoms with Crippen LogP contribution in [-0.4, -0.2) is 17.3 Å². The molecule has 0 aromatic heterocycles. The fourth-order valence-electron chi connectivity index (χ4n) is 0.977. The number of hydrogen-bond donors (Lipinski definition) is 0. The monoisotopic (exact) mass is 161 g/mol. The van der Waals surface area contributed by atoms with Gasteiger partial charge in [0.15, 0.2) is 0 Å². The van der Waals surface area contributed by atoms with Crippen LogP contribution in [0, 0.1) is 0 Å². The van der Waals surface area contributed by atoms with E-state index in [4.69, 9.17) is 0 Å². The van der Waals surface area contributed by atoms with Crippen molar-refractivity contribution in [1.29, 1.82) is 0 Å². The minimum absolute atomic E-state index is 0.731. The van der Waals surface area contributed by atoms with Crippen LogP contribution in [-0.2, 0) is 0 Å². The van der Waals surface area contributed by atoms with E-state index in [0.29, 0.717) is 0 Å². The average molecular weight is 161 g/mol. The van der Waals surface area contributed by atoms with Crippen LogP contribution in [0.25, 0.3) is 0 Å². The summed E-state index contributed by atoms with van der Waals surface area (Å²) in [5, 5.41) is 0. The van der Waals surface area contributed by atoms with E-state index >= 15 is 0 Å². The van der Waals surface area contributed by atoms with Gasteiger partial charge in [0.1, 0.15) is 0 Å². The SMILES string of the molecule is CCCCC(C)N(P)CC. The standard InChI is InChI=1S/C8H20NP/c1-4-6-7-8(3)9(10)5-2/h8H,4-7,10H2,1-3H3. The Morgan fingerprint density at radius 3 is 2.40 bits per heavy atom. The zero-order chi connectivity index (χ0) is 7.98. The molecule has 0 bridgehead atoms. The first kappa shape index (κ1) is 10.4. The van der Waals surface area contributed by atoms with Crippen molar-refractivity contribution in [2.75, 3.05) is 6.54 Å². The molecule has 0 aliphatic rings. The van der Waals surface area contributed by atoms with Crippen molar-refractivity contribution in [3.63, 3.8) is 0 Å². The van der Waals surface area contributed by atoms with Gasteiger partial charge in [0.05, 0.1) is 0 Å². The van der Waals surface area contributed by atoms with Crippen LogP contribution >= 0.6 is 9.39 Å². The molecule has 0 aliphatic heterocycles. The van der Waals surface area contributed by atoms with Crippen LogP contribution in [0.15, 0.2) is 0 Å². The summed E-state index contributed by atoms with van der Waals surface area (Å²) >= 11 is 0. The van der Waals surface area contributed by atoms with Gasteiger partial charge in [-0.15, -0.1) is 0 Å². The van der Waals surface area contributed by atoms with Crippen molar-refractivity contribution in [3.05, 3.63) is 0 Å². The number of rotatable bonds is 5. The molecule has 62 valence electrons. The van der Waals surface area contributed by atoms with Crippen LogP contribution in [0.3, 0.4) is 0 Å². The van der Waals surface area contributed by atoms with Crippen LogP contribution in [0.5, 0.6) is 0 Å². The highest BCUT2D eigenvalue weighted by Crippen LogP contribution is 2.11. The quantitative estimate of drug-likeness (QED) is 0.560. The predicted molar refractivity (Wildman–Crippen MR) is 51.1 cm³/mol. The van der Waals surface area contributed by atoms with Gasteiger partial charge in [-0.25, -0.2) is 0 Å². The normalized spacial score (nSPS) is 14.1. The summed E-state index contributed by atoms with van der Waals surface area (Å²) in [6, 6.07) is 0.731. The molecule has 0 aliphatic carbocycles. The zero-order valence-corrected chi connectivity index (χ0v) is 8.59. The fourth-order valence-corrected chi connectivity index (χ4v) is 1.13. The third-order valence-electron chi connectivity index (χ3n) is 1.91. The van der Waals surface area contributed by atoms with Crippen molar-refractivity contribution < 1.29 is 0 Å². The summed E-state index contributed by atoms with van der Waals surface area (Å²) in [6.45, 7) is 7.85. The lowest BCUT2D eigenvalue weighted by atomic mass is 10.1. The summed E-state index contributed by atoms with van der Waals surface area (Å²) in [5.74, 6) is 0. The summed E-state index contributed by atoms with van der Waals surface area (Å²) in [4.78, 5) is 0. The van der Waals surface area contributed by atoms with Gasteiger partial charge < -0.3 is 0 Å². The summed E-state index contributed by atoms with van der Waals surface area (Å²) in [5.41, 5.74) is 0. The molecule has 0 aromatic carbocycles. The van der Waals surface area contributed by atoms with Crippen LogP contribution in [0.1, 0.15) is 40.0 Å². The Kier molecular flexibility index (Phi) is 6.36. The Balaban J connectivity index is 3.31. The van der Waals surface area contributed by atoms with Crippen molar-refractivity contribution in [3.8, 4) is 0 Å². The number of unbranched alkanes of at least 4 members (excludes halogenated alkanes) is 1. The molecule has 0 N–H and O–H groups in total. The maximum Gasteiger partial charge on any atom is 0.0101 e. The summed E-state index contributed by atoms with van der Waals surface area (Å²) < 4.78 is 2.32. The first-order chi connectivity index (χ1) is 4.72. The first-order valence-corrected chi connectivity index (χ1v) is 4.75. The molecule has 1 nitrogen and oxygen atoms in total. The second-order valence-electron chi connectivity index (χ2n) is 2.82. The van der Waals surface area contributed by atoms with Gasteiger partial charge in [0, 0.05) is 6.04 Å². The topological polar surface area (TPSA) is 3.24 Å². The average Bonchev–Trinajstić information content (AvgIpc) is 1.98. The van der Waals surface area contributed by atoms with Crippen molar-refractivity contribution in [1.82, 2.24) is 4.67 Å². The minimum Gasteiger partial charge on any atom is -0.285 e.